The lowest BCUT2D eigenvalue weighted by molar-refractivity contribution is 0.719. The van der Waals surface area contributed by atoms with Gasteiger partial charge in [-0.05, 0) is 6.08 Å². The van der Waals surface area contributed by atoms with Gasteiger partial charge in [0.1, 0.15) is 0 Å². The first-order chi connectivity index (χ1) is 2.41. The van der Waals surface area contributed by atoms with Crippen molar-refractivity contribution in [2.75, 3.05) is 5.75 Å². The predicted molar refractivity (Wildman–Crippen MR) is 24.1 cm³/mol. The third kappa shape index (κ3) is 4.02. The highest BCUT2D eigenvalue weighted by Crippen LogP contribution is 1.74. The molecule has 0 aliphatic heterocycles. The lowest BCUT2D eigenvalue weighted by Crippen LogP contribution is -1.50. The highest BCUT2D eigenvalue weighted by molar-refractivity contribution is 7.80. The van der Waals surface area contributed by atoms with E-state index in [-0.39, 0.29) is 0 Å². The van der Waals surface area contributed by atoms with E-state index in [1.165, 1.54) is 6.08 Å². The summed E-state index contributed by atoms with van der Waals surface area (Å²) in [5.41, 5.74) is 0. The number of rotatable bonds is 1. The van der Waals surface area contributed by atoms with Crippen LogP contribution >= 0.6 is 12.6 Å². The van der Waals surface area contributed by atoms with Gasteiger partial charge in [0.05, 0.1) is 6.33 Å². The van der Waals surface area contributed by atoms with Crippen molar-refractivity contribution < 1.29 is 4.39 Å². The molecule has 0 aromatic rings. The second-order valence-corrected chi connectivity index (χ2v) is 0.909. The topological polar surface area (TPSA) is 0 Å². The van der Waals surface area contributed by atoms with Gasteiger partial charge in [-0.25, -0.2) is 4.39 Å². The van der Waals surface area contributed by atoms with Crippen LogP contribution < -0.4 is 0 Å². The summed E-state index contributed by atoms with van der Waals surface area (Å²) < 4.78 is 10.8. The van der Waals surface area contributed by atoms with Crippen LogP contribution in [-0.4, -0.2) is 5.75 Å². The highest BCUT2D eigenvalue weighted by atomic mass is 32.1. The van der Waals surface area contributed by atoms with Crippen LogP contribution in [0.4, 0.5) is 4.39 Å². The molecule has 0 aromatic heterocycles. The molecule has 0 aliphatic rings. The van der Waals surface area contributed by atoms with E-state index >= 15 is 0 Å². The second-order valence-electron chi connectivity index (χ2n) is 0.544. The number of hydrogen-bond acceptors (Lipinski definition) is 1. The number of thiol groups is 1. The summed E-state index contributed by atoms with van der Waals surface area (Å²) in [5.74, 6) is 0.483. The minimum atomic E-state index is 0.479. The van der Waals surface area contributed by atoms with Crippen molar-refractivity contribution in [3.63, 3.8) is 0 Å². The summed E-state index contributed by atoms with van der Waals surface area (Å²) in [4.78, 5) is 0. The number of hydrogen-bond donors (Lipinski definition) is 1. The van der Waals surface area contributed by atoms with Gasteiger partial charge in [-0.3, -0.25) is 0 Å². The van der Waals surface area contributed by atoms with E-state index in [1.54, 1.807) is 0 Å². The molecule has 0 N–H and O–H groups in total. The Labute approximate surface area is 36.1 Å². The van der Waals surface area contributed by atoms with Crippen LogP contribution in [0.2, 0.25) is 0 Å². The molecule has 0 saturated carbocycles. The summed E-state index contributed by atoms with van der Waals surface area (Å²) in [5, 5.41) is 0. The van der Waals surface area contributed by atoms with Crippen molar-refractivity contribution in [1.82, 2.24) is 0 Å². The minimum absolute atomic E-state index is 0.479. The zero-order valence-corrected chi connectivity index (χ0v) is 3.58. The maximum Gasteiger partial charge on any atom is 0.0835 e. The molecule has 0 radical (unpaired) electrons. The normalized spacial score (nSPS) is 10.0. The molecule has 0 bridgehead atoms. The van der Waals surface area contributed by atoms with E-state index in [1.807, 2.05) is 0 Å². The zero-order chi connectivity index (χ0) is 4.12. The summed E-state index contributed by atoms with van der Waals surface area (Å²) in [7, 11) is 0. The minimum Gasteiger partial charge on any atom is -0.216 e. The molecular formula is C3H5FS. The van der Waals surface area contributed by atoms with E-state index in [2.05, 4.69) is 12.6 Å². The summed E-state index contributed by atoms with van der Waals surface area (Å²) in [6.45, 7) is 0. The Hall–Kier alpha value is 0.0200. The zero-order valence-electron chi connectivity index (χ0n) is 2.69. The molecule has 0 nitrogen and oxygen atoms in total. The molecule has 0 unspecified atom stereocenters. The summed E-state index contributed by atoms with van der Waals surface area (Å²) in [6, 6.07) is 0. The van der Waals surface area contributed by atoms with Crippen molar-refractivity contribution in [2.24, 2.45) is 0 Å². The van der Waals surface area contributed by atoms with Crippen molar-refractivity contribution in [1.29, 1.82) is 0 Å². The average molecular weight is 92.1 g/mol. The van der Waals surface area contributed by atoms with Gasteiger partial charge in [0.2, 0.25) is 0 Å². The van der Waals surface area contributed by atoms with Gasteiger partial charge in [0.15, 0.2) is 0 Å². The van der Waals surface area contributed by atoms with E-state index in [4.69, 9.17) is 0 Å². The molecule has 30 valence electrons. The van der Waals surface area contributed by atoms with Crippen molar-refractivity contribution in [3.8, 4) is 0 Å². The Balaban J connectivity index is 2.62. The van der Waals surface area contributed by atoms with Gasteiger partial charge in [-0.15, -0.1) is 0 Å². The van der Waals surface area contributed by atoms with Crippen LogP contribution in [0.15, 0.2) is 12.4 Å². The van der Waals surface area contributed by atoms with Crippen molar-refractivity contribution in [3.05, 3.63) is 12.4 Å². The Kier molecular flexibility index (Phi) is 4.04. The van der Waals surface area contributed by atoms with Gasteiger partial charge in [0.25, 0.3) is 0 Å². The molecule has 0 atom stereocenters. The molecule has 0 heterocycles. The first-order valence-corrected chi connectivity index (χ1v) is 1.91. The monoisotopic (exact) mass is 92.0 g/mol. The van der Waals surface area contributed by atoms with E-state index in [0.717, 1.165) is 0 Å². The van der Waals surface area contributed by atoms with Crippen LogP contribution in [0, 0.1) is 0 Å². The molecule has 0 aromatic carbocycles. The standard InChI is InChI=1S/C3H5FS/c4-2-1-3-5/h1-2,5H,3H2. The fourth-order valence-electron chi connectivity index (χ4n) is 0.0398. The largest absolute Gasteiger partial charge is 0.216 e. The second kappa shape index (κ2) is 4.02. The van der Waals surface area contributed by atoms with Crippen molar-refractivity contribution in [2.45, 2.75) is 0 Å². The van der Waals surface area contributed by atoms with Gasteiger partial charge < -0.3 is 0 Å². The van der Waals surface area contributed by atoms with Crippen LogP contribution in [0.25, 0.3) is 0 Å². The lowest BCUT2D eigenvalue weighted by Gasteiger charge is -1.62. The van der Waals surface area contributed by atoms with Crippen LogP contribution in [0.3, 0.4) is 0 Å². The quantitative estimate of drug-likeness (QED) is 0.464. The molecule has 0 aliphatic carbocycles. The fraction of sp³-hybridized carbons (Fsp3) is 0.333. The third-order valence-corrected chi connectivity index (χ3v) is 0.405. The molecule has 0 spiro atoms. The summed E-state index contributed by atoms with van der Waals surface area (Å²) in [6.07, 6.45) is 1.80. The predicted octanol–water partition coefficient (Wildman–Crippen LogP) is 1.40. The highest BCUT2D eigenvalue weighted by Gasteiger charge is 1.55. The Morgan fingerprint density at radius 1 is 1.80 bits per heavy atom. The smallest absolute Gasteiger partial charge is 0.0835 e. The molecule has 2 heteroatoms. The molecule has 0 amide bonds. The first-order valence-electron chi connectivity index (χ1n) is 1.28. The van der Waals surface area contributed by atoms with E-state index in [0.29, 0.717) is 12.1 Å². The maximum atomic E-state index is 10.8. The van der Waals surface area contributed by atoms with E-state index in [9.17, 15) is 4.39 Å². The van der Waals surface area contributed by atoms with Crippen LogP contribution in [-0.2, 0) is 0 Å². The Bertz CT molecular complexity index is 33.9. The molecule has 5 heavy (non-hydrogen) atoms. The van der Waals surface area contributed by atoms with E-state index < -0.39 is 0 Å². The maximum absolute atomic E-state index is 10.8. The molecule has 0 fully saturated rings. The number of halogens is 1. The average Bonchev–Trinajstić information content (AvgIpc) is 1.41. The van der Waals surface area contributed by atoms with Gasteiger partial charge in [-0.1, -0.05) is 0 Å². The van der Waals surface area contributed by atoms with Crippen molar-refractivity contribution >= 4 is 12.6 Å². The Morgan fingerprint density at radius 2 is 2.40 bits per heavy atom. The SMILES string of the molecule is FC=CCS. The fourth-order valence-corrected chi connectivity index (χ4v) is 0.120. The summed E-state index contributed by atoms with van der Waals surface area (Å²) >= 11 is 3.67. The Morgan fingerprint density at radius 3 is 2.40 bits per heavy atom. The van der Waals surface area contributed by atoms with Gasteiger partial charge >= 0.3 is 0 Å². The molecule has 0 rings (SSSR count). The first kappa shape index (κ1) is 5.02. The van der Waals surface area contributed by atoms with Gasteiger partial charge in [0, 0.05) is 5.75 Å². The lowest BCUT2D eigenvalue weighted by atomic mass is 10.7. The van der Waals surface area contributed by atoms with Crippen LogP contribution in [0.1, 0.15) is 0 Å². The third-order valence-electron chi connectivity index (χ3n) is 0.194. The van der Waals surface area contributed by atoms with Gasteiger partial charge in [-0.2, -0.15) is 12.6 Å². The molecular weight excluding hydrogens is 87.1 g/mol. The van der Waals surface area contributed by atoms with Crippen LogP contribution in [0.5, 0.6) is 0 Å². The molecule has 0 saturated heterocycles.